The van der Waals surface area contributed by atoms with Gasteiger partial charge in [0.15, 0.2) is 6.61 Å². The van der Waals surface area contributed by atoms with Gasteiger partial charge in [0.2, 0.25) is 15.9 Å². The Morgan fingerprint density at radius 1 is 1.23 bits per heavy atom. The molecule has 8 nitrogen and oxygen atoms in total. The fourth-order valence-electron chi connectivity index (χ4n) is 3.56. The molecule has 1 fully saturated rings. The van der Waals surface area contributed by atoms with Gasteiger partial charge in [0.1, 0.15) is 5.75 Å². The second-order valence-corrected chi connectivity index (χ2v) is 9.57. The van der Waals surface area contributed by atoms with Crippen molar-refractivity contribution in [3.8, 4) is 5.75 Å². The number of amides is 2. The predicted molar refractivity (Wildman–Crippen MR) is 112 cm³/mol. The minimum absolute atomic E-state index is 0.0444. The van der Waals surface area contributed by atoms with Crippen LogP contribution in [-0.4, -0.2) is 44.2 Å². The zero-order valence-corrected chi connectivity index (χ0v) is 17.5. The minimum atomic E-state index is -3.83. The Morgan fingerprint density at radius 3 is 2.87 bits per heavy atom. The molecular weight excluding hydrogens is 430 g/mol. The Balaban J connectivity index is 1.50. The average Bonchev–Trinajstić information content (AvgIpc) is 2.73. The summed E-state index contributed by atoms with van der Waals surface area (Å²) in [5.41, 5.74) is 0.887. The quantitative estimate of drug-likeness (QED) is 0.746. The molecule has 0 aliphatic carbocycles. The Hall–Kier alpha value is -2.62. The first kappa shape index (κ1) is 20.6. The van der Waals surface area contributed by atoms with Gasteiger partial charge in [-0.05, 0) is 49.2 Å². The van der Waals surface area contributed by atoms with E-state index in [1.54, 1.807) is 24.3 Å². The maximum absolute atomic E-state index is 13.1. The molecule has 10 heteroatoms. The summed E-state index contributed by atoms with van der Waals surface area (Å²) in [6.07, 6.45) is 1.16. The molecule has 158 valence electrons. The average molecular weight is 450 g/mol. The van der Waals surface area contributed by atoms with Crippen LogP contribution in [0.2, 0.25) is 5.02 Å². The third-order valence-electron chi connectivity index (χ3n) is 5.07. The molecule has 0 saturated carbocycles. The number of halogens is 1. The van der Waals surface area contributed by atoms with E-state index in [2.05, 4.69) is 10.6 Å². The molecule has 2 heterocycles. The molecule has 0 spiro atoms. The maximum atomic E-state index is 13.1. The highest BCUT2D eigenvalue weighted by Crippen LogP contribution is 2.32. The van der Waals surface area contributed by atoms with Crippen LogP contribution in [0.25, 0.3) is 0 Å². The molecule has 1 atom stereocenters. The van der Waals surface area contributed by atoms with Gasteiger partial charge >= 0.3 is 0 Å². The maximum Gasteiger partial charge on any atom is 0.262 e. The zero-order valence-electron chi connectivity index (χ0n) is 15.9. The summed E-state index contributed by atoms with van der Waals surface area (Å²) >= 11 is 5.95. The van der Waals surface area contributed by atoms with Crippen LogP contribution in [0.3, 0.4) is 0 Å². The molecule has 2 amide bonds. The number of benzene rings is 2. The van der Waals surface area contributed by atoms with Crippen LogP contribution in [0.5, 0.6) is 5.75 Å². The van der Waals surface area contributed by atoms with E-state index in [4.69, 9.17) is 16.3 Å². The Bertz CT molecular complexity index is 1110. The van der Waals surface area contributed by atoms with Crippen molar-refractivity contribution >= 4 is 44.8 Å². The molecule has 4 rings (SSSR count). The second kappa shape index (κ2) is 8.25. The third kappa shape index (κ3) is 4.28. The lowest BCUT2D eigenvalue weighted by Gasteiger charge is -2.31. The Morgan fingerprint density at radius 2 is 2.07 bits per heavy atom. The number of hydrogen-bond donors (Lipinski definition) is 2. The Labute approximate surface area is 179 Å². The second-order valence-electron chi connectivity index (χ2n) is 7.20. The lowest BCUT2D eigenvalue weighted by molar-refractivity contribution is -0.121. The summed E-state index contributed by atoms with van der Waals surface area (Å²) in [4.78, 5) is 24.2. The number of sulfonamides is 1. The van der Waals surface area contributed by atoms with E-state index >= 15 is 0 Å². The number of carbonyl (C=O) groups is 2. The molecule has 2 aromatic rings. The van der Waals surface area contributed by atoms with Crippen LogP contribution in [-0.2, 0) is 19.6 Å². The van der Waals surface area contributed by atoms with Crippen LogP contribution in [0.15, 0.2) is 47.4 Å². The molecule has 0 aromatic heterocycles. The molecule has 0 radical (unpaired) electrons. The molecule has 0 unspecified atom stereocenters. The number of anilines is 2. The molecule has 0 bridgehead atoms. The van der Waals surface area contributed by atoms with Gasteiger partial charge in [-0.2, -0.15) is 4.31 Å². The SMILES string of the molecule is O=C1COc2ccc(S(=O)(=O)N3CCC[C@@H](C(=O)Nc4cccc(Cl)c4)C3)cc2N1. The van der Waals surface area contributed by atoms with E-state index in [1.165, 1.54) is 22.5 Å². The van der Waals surface area contributed by atoms with Crippen LogP contribution in [0.4, 0.5) is 11.4 Å². The van der Waals surface area contributed by atoms with Crippen molar-refractivity contribution in [2.45, 2.75) is 17.7 Å². The first-order chi connectivity index (χ1) is 14.3. The summed E-state index contributed by atoms with van der Waals surface area (Å²) in [6, 6.07) is 11.2. The monoisotopic (exact) mass is 449 g/mol. The van der Waals surface area contributed by atoms with Crippen molar-refractivity contribution in [1.82, 2.24) is 4.31 Å². The number of rotatable bonds is 4. The van der Waals surface area contributed by atoms with E-state index in [0.717, 1.165) is 0 Å². The van der Waals surface area contributed by atoms with Gasteiger partial charge < -0.3 is 15.4 Å². The van der Waals surface area contributed by atoms with E-state index in [1.807, 2.05) is 0 Å². The number of ether oxygens (including phenoxy) is 1. The fourth-order valence-corrected chi connectivity index (χ4v) is 5.30. The van der Waals surface area contributed by atoms with Gasteiger partial charge in [-0.1, -0.05) is 17.7 Å². The van der Waals surface area contributed by atoms with Crippen LogP contribution < -0.4 is 15.4 Å². The summed E-state index contributed by atoms with van der Waals surface area (Å²) < 4.78 is 32.9. The van der Waals surface area contributed by atoms with Crippen molar-refractivity contribution in [1.29, 1.82) is 0 Å². The topological polar surface area (TPSA) is 105 Å². The van der Waals surface area contributed by atoms with Gasteiger partial charge in [-0.25, -0.2) is 8.42 Å². The lowest BCUT2D eigenvalue weighted by atomic mass is 9.99. The van der Waals surface area contributed by atoms with Gasteiger partial charge in [-0.3, -0.25) is 9.59 Å². The number of piperidine rings is 1. The first-order valence-corrected chi connectivity index (χ1v) is 11.3. The predicted octanol–water partition coefficient (Wildman–Crippen LogP) is 2.71. The highest BCUT2D eigenvalue weighted by Gasteiger charge is 2.34. The van der Waals surface area contributed by atoms with Crippen molar-refractivity contribution in [3.63, 3.8) is 0 Å². The highest BCUT2D eigenvalue weighted by molar-refractivity contribution is 7.89. The van der Waals surface area contributed by atoms with E-state index in [0.29, 0.717) is 41.5 Å². The molecular formula is C20H20ClN3O5S. The van der Waals surface area contributed by atoms with Crippen molar-refractivity contribution in [3.05, 3.63) is 47.5 Å². The summed E-state index contributed by atoms with van der Waals surface area (Å²) in [5, 5.41) is 5.92. The zero-order chi connectivity index (χ0) is 21.3. The van der Waals surface area contributed by atoms with E-state index in [-0.39, 0.29) is 29.9 Å². The lowest BCUT2D eigenvalue weighted by Crippen LogP contribution is -2.43. The van der Waals surface area contributed by atoms with Gasteiger partial charge in [0.05, 0.1) is 16.5 Å². The fraction of sp³-hybridized carbons (Fsp3) is 0.300. The van der Waals surface area contributed by atoms with Crippen molar-refractivity contribution in [2.75, 3.05) is 30.3 Å². The largest absolute Gasteiger partial charge is 0.482 e. The molecule has 30 heavy (non-hydrogen) atoms. The van der Waals surface area contributed by atoms with Gasteiger partial charge in [0.25, 0.3) is 5.91 Å². The van der Waals surface area contributed by atoms with Crippen molar-refractivity contribution < 1.29 is 22.7 Å². The van der Waals surface area contributed by atoms with E-state index in [9.17, 15) is 18.0 Å². The molecule has 2 aromatic carbocycles. The summed E-state index contributed by atoms with van der Waals surface area (Å²) in [7, 11) is -3.83. The molecule has 2 N–H and O–H groups in total. The van der Waals surface area contributed by atoms with Crippen molar-refractivity contribution in [2.24, 2.45) is 5.92 Å². The highest BCUT2D eigenvalue weighted by atomic mass is 35.5. The van der Waals surface area contributed by atoms with Crippen LogP contribution in [0, 0.1) is 5.92 Å². The number of fused-ring (bicyclic) bond motifs is 1. The molecule has 2 aliphatic rings. The minimum Gasteiger partial charge on any atom is -0.482 e. The Kier molecular flexibility index (Phi) is 5.68. The van der Waals surface area contributed by atoms with E-state index < -0.39 is 15.9 Å². The molecule has 1 saturated heterocycles. The molecule has 2 aliphatic heterocycles. The number of nitrogens with zero attached hydrogens (tertiary/aromatic N) is 1. The number of hydrogen-bond acceptors (Lipinski definition) is 5. The standard InChI is InChI=1S/C20H20ClN3O5S/c21-14-4-1-5-15(9-14)22-20(26)13-3-2-8-24(11-13)30(27,28)16-6-7-18-17(10-16)23-19(25)12-29-18/h1,4-7,9-10,13H,2-3,8,11-12H2,(H,22,26)(H,23,25)/t13-/m1/s1. The third-order valence-corrected chi connectivity index (χ3v) is 7.16. The summed E-state index contributed by atoms with van der Waals surface area (Å²) in [5.74, 6) is -0.643. The van der Waals surface area contributed by atoms with Crippen LogP contribution >= 0.6 is 11.6 Å². The number of carbonyl (C=O) groups excluding carboxylic acids is 2. The van der Waals surface area contributed by atoms with Crippen LogP contribution in [0.1, 0.15) is 12.8 Å². The first-order valence-electron chi connectivity index (χ1n) is 9.46. The van der Waals surface area contributed by atoms with Gasteiger partial charge in [-0.15, -0.1) is 0 Å². The van der Waals surface area contributed by atoms with Gasteiger partial charge in [0, 0.05) is 23.8 Å². The smallest absolute Gasteiger partial charge is 0.262 e. The normalized spacial score (nSPS) is 19.4. The summed E-state index contributed by atoms with van der Waals surface area (Å²) in [6.45, 7) is 0.298. The number of nitrogens with one attached hydrogen (secondary N) is 2.